The van der Waals surface area contributed by atoms with E-state index in [1.165, 1.54) is 29.6 Å². The lowest BCUT2D eigenvalue weighted by Gasteiger charge is -2.11. The minimum atomic E-state index is 0.644. The smallest absolute Gasteiger partial charge is 0.164 e. The molecule has 5 nitrogen and oxygen atoms in total. The van der Waals surface area contributed by atoms with Crippen LogP contribution in [0.3, 0.4) is 0 Å². The number of fused-ring (bicyclic) bond motifs is 9. The molecule has 57 heavy (non-hydrogen) atoms. The van der Waals surface area contributed by atoms with Crippen molar-refractivity contribution in [2.24, 2.45) is 0 Å². The lowest BCUT2D eigenvalue weighted by molar-refractivity contribution is 1.08. The Morgan fingerprint density at radius 3 is 1.47 bits per heavy atom. The van der Waals surface area contributed by atoms with Crippen molar-refractivity contribution in [2.75, 3.05) is 0 Å². The molecule has 0 N–H and O–H groups in total. The summed E-state index contributed by atoms with van der Waals surface area (Å²) in [5.74, 6) is 2.67. The molecule has 12 rings (SSSR count). The zero-order chi connectivity index (χ0) is 37.5. The van der Waals surface area contributed by atoms with Crippen LogP contribution in [0.5, 0.6) is 0 Å². The van der Waals surface area contributed by atoms with Gasteiger partial charge in [-0.3, -0.25) is 0 Å². The van der Waals surface area contributed by atoms with Crippen molar-refractivity contribution in [3.8, 4) is 56.8 Å². The van der Waals surface area contributed by atoms with E-state index >= 15 is 0 Å². The van der Waals surface area contributed by atoms with Crippen LogP contribution in [-0.2, 0) is 0 Å². The molecule has 0 fully saturated rings. The second-order valence-corrected chi connectivity index (χ2v) is 17.1. The van der Waals surface area contributed by atoms with Crippen LogP contribution in [0.2, 0.25) is 0 Å². The van der Waals surface area contributed by atoms with Gasteiger partial charge in [0.05, 0.1) is 15.9 Å². The summed E-state index contributed by atoms with van der Waals surface area (Å²) in [4.78, 5) is 26.2. The van der Waals surface area contributed by atoms with E-state index in [4.69, 9.17) is 24.9 Å². The Kier molecular flexibility index (Phi) is 7.38. The summed E-state index contributed by atoms with van der Waals surface area (Å²) >= 11 is 5.34. The molecule has 0 bridgehead atoms. The van der Waals surface area contributed by atoms with Crippen LogP contribution in [0.25, 0.3) is 117 Å². The van der Waals surface area contributed by atoms with E-state index in [1.54, 1.807) is 34.0 Å². The summed E-state index contributed by atoms with van der Waals surface area (Å²) in [6, 6.07) is 57.1. The van der Waals surface area contributed by atoms with E-state index in [0.717, 1.165) is 70.4 Å². The molecule has 0 unspecified atom stereocenters. The quantitative estimate of drug-likeness (QED) is 0.174. The van der Waals surface area contributed by atoms with E-state index in [2.05, 4.69) is 127 Å². The number of thiophene rings is 3. The zero-order valence-electron chi connectivity index (χ0n) is 30.0. The SMILES string of the molecule is c1ccc(-c2nc(-c3cccc4sc5ccccc5c34)nc(-c3cccc4sc5c(-c6nc(-c7ccccc7)nc7c6sc6ccccc67)cccc5c34)n2)cc1. The van der Waals surface area contributed by atoms with Gasteiger partial charge in [-0.15, -0.1) is 34.0 Å². The van der Waals surface area contributed by atoms with Gasteiger partial charge < -0.3 is 0 Å². The predicted octanol–water partition coefficient (Wildman–Crippen LogP) is 14.1. The molecule has 0 spiro atoms. The second-order valence-electron chi connectivity index (χ2n) is 14.0. The predicted molar refractivity (Wildman–Crippen MR) is 241 cm³/mol. The fourth-order valence-corrected chi connectivity index (χ4v) is 11.5. The monoisotopic (exact) mass is 781 g/mol. The molecule has 0 aliphatic heterocycles. The summed E-state index contributed by atoms with van der Waals surface area (Å²) in [6.45, 7) is 0. The Hall–Kier alpha value is -6.71. The molecular formula is C49H27N5S3. The fraction of sp³-hybridized carbons (Fsp3) is 0. The molecule has 0 amide bonds. The van der Waals surface area contributed by atoms with Crippen molar-refractivity contribution in [1.82, 2.24) is 24.9 Å². The van der Waals surface area contributed by atoms with Gasteiger partial charge in [0.15, 0.2) is 23.3 Å². The summed E-state index contributed by atoms with van der Waals surface area (Å²) in [5.41, 5.74) is 6.93. The van der Waals surface area contributed by atoms with Gasteiger partial charge in [0, 0.05) is 78.2 Å². The van der Waals surface area contributed by atoms with Crippen LogP contribution in [0.15, 0.2) is 164 Å². The van der Waals surface area contributed by atoms with Gasteiger partial charge >= 0.3 is 0 Å². The number of benzene rings is 7. The van der Waals surface area contributed by atoms with Crippen molar-refractivity contribution in [2.45, 2.75) is 0 Å². The van der Waals surface area contributed by atoms with Crippen LogP contribution < -0.4 is 0 Å². The van der Waals surface area contributed by atoms with Crippen molar-refractivity contribution in [3.63, 3.8) is 0 Å². The highest BCUT2D eigenvalue weighted by molar-refractivity contribution is 7.27. The maximum Gasteiger partial charge on any atom is 0.164 e. The van der Waals surface area contributed by atoms with Gasteiger partial charge in [-0.2, -0.15) is 0 Å². The summed E-state index contributed by atoms with van der Waals surface area (Å²) in [6.07, 6.45) is 0. The normalized spacial score (nSPS) is 11.9. The van der Waals surface area contributed by atoms with Gasteiger partial charge in [-0.1, -0.05) is 140 Å². The highest BCUT2D eigenvalue weighted by atomic mass is 32.1. The van der Waals surface area contributed by atoms with E-state index in [0.29, 0.717) is 17.5 Å². The first-order chi connectivity index (χ1) is 28.2. The van der Waals surface area contributed by atoms with Gasteiger partial charge in [0.25, 0.3) is 0 Å². The van der Waals surface area contributed by atoms with Crippen molar-refractivity contribution >= 4 is 94.7 Å². The van der Waals surface area contributed by atoms with Gasteiger partial charge in [-0.05, 0) is 24.3 Å². The molecule has 12 aromatic rings. The summed E-state index contributed by atoms with van der Waals surface area (Å²) in [7, 11) is 0. The number of hydrogen-bond donors (Lipinski definition) is 0. The molecule has 0 radical (unpaired) electrons. The van der Waals surface area contributed by atoms with Crippen LogP contribution in [0.1, 0.15) is 0 Å². The van der Waals surface area contributed by atoms with E-state index < -0.39 is 0 Å². The van der Waals surface area contributed by atoms with Crippen LogP contribution >= 0.6 is 34.0 Å². The number of aromatic nitrogens is 5. The Balaban J connectivity index is 1.11. The summed E-state index contributed by atoms with van der Waals surface area (Å²) in [5, 5.41) is 5.80. The fourth-order valence-electron chi connectivity index (χ4n) is 8.00. The second kappa shape index (κ2) is 12.9. The zero-order valence-corrected chi connectivity index (χ0v) is 32.5. The van der Waals surface area contributed by atoms with Gasteiger partial charge in [0.2, 0.25) is 0 Å². The molecule has 5 aromatic heterocycles. The Bertz CT molecular complexity index is 3530. The van der Waals surface area contributed by atoms with Crippen molar-refractivity contribution < 1.29 is 0 Å². The third kappa shape index (κ3) is 5.22. The Labute approximate surface area is 338 Å². The minimum Gasteiger partial charge on any atom is -0.226 e. The van der Waals surface area contributed by atoms with Crippen LogP contribution in [-0.4, -0.2) is 24.9 Å². The minimum absolute atomic E-state index is 0.644. The van der Waals surface area contributed by atoms with E-state index in [9.17, 15) is 0 Å². The molecule has 266 valence electrons. The number of rotatable bonds is 5. The summed E-state index contributed by atoms with van der Waals surface area (Å²) < 4.78 is 7.08. The first-order valence-electron chi connectivity index (χ1n) is 18.7. The largest absolute Gasteiger partial charge is 0.226 e. The van der Waals surface area contributed by atoms with Crippen LogP contribution in [0, 0.1) is 0 Å². The highest BCUT2D eigenvalue weighted by Crippen LogP contribution is 2.47. The average Bonchev–Trinajstić information content (AvgIpc) is 3.98. The lowest BCUT2D eigenvalue weighted by atomic mass is 10.0. The number of nitrogens with zero attached hydrogens (tertiary/aromatic N) is 5. The van der Waals surface area contributed by atoms with Crippen molar-refractivity contribution in [3.05, 3.63) is 164 Å². The molecule has 5 heterocycles. The molecule has 0 atom stereocenters. The first-order valence-corrected chi connectivity index (χ1v) is 21.1. The molecule has 0 aliphatic carbocycles. The Morgan fingerprint density at radius 2 is 0.772 bits per heavy atom. The Morgan fingerprint density at radius 1 is 0.298 bits per heavy atom. The van der Waals surface area contributed by atoms with Crippen molar-refractivity contribution in [1.29, 1.82) is 0 Å². The average molecular weight is 782 g/mol. The maximum absolute atomic E-state index is 5.34. The van der Waals surface area contributed by atoms with E-state index in [-0.39, 0.29) is 0 Å². The van der Waals surface area contributed by atoms with Gasteiger partial charge in [0.1, 0.15) is 0 Å². The lowest BCUT2D eigenvalue weighted by Crippen LogP contribution is -2.00. The standard InChI is InChI=1S/C49H27N5S3/c1-3-14-28(15-4-1)46-50-42-31-19-8-10-25-37(31)56-45(42)43(51-46)35-23-11-20-32-41-34(22-13-27-39(41)57-44(32)35)49-53-47(29-16-5-2-6-17-29)52-48(54-49)33-21-12-26-38-40(33)30-18-7-9-24-36(30)55-38/h1-27H. The molecule has 7 aromatic carbocycles. The molecule has 0 aliphatic rings. The molecule has 8 heteroatoms. The number of hydrogen-bond acceptors (Lipinski definition) is 8. The third-order valence-corrected chi connectivity index (χ3v) is 14.1. The van der Waals surface area contributed by atoms with Gasteiger partial charge in [-0.25, -0.2) is 24.9 Å². The highest BCUT2D eigenvalue weighted by Gasteiger charge is 2.23. The third-order valence-electron chi connectivity index (χ3n) is 10.6. The van der Waals surface area contributed by atoms with Crippen LogP contribution in [0.4, 0.5) is 0 Å². The topological polar surface area (TPSA) is 64.5 Å². The maximum atomic E-state index is 5.34. The molecule has 0 saturated carbocycles. The molecular weight excluding hydrogens is 755 g/mol. The van der Waals surface area contributed by atoms with E-state index in [1.807, 2.05) is 36.4 Å². The molecule has 0 saturated heterocycles. The first kappa shape index (κ1) is 32.5.